The lowest BCUT2D eigenvalue weighted by molar-refractivity contribution is 0.0710. The number of amides is 1. The van der Waals surface area contributed by atoms with E-state index in [1.165, 1.54) is 11.0 Å². The number of likely N-dealkylation sites (tertiary alicyclic amines) is 1. The summed E-state index contributed by atoms with van der Waals surface area (Å²) in [6, 6.07) is 2.86. The molecule has 0 bridgehead atoms. The van der Waals surface area contributed by atoms with Crippen molar-refractivity contribution in [1.82, 2.24) is 9.62 Å². The molecule has 1 aliphatic heterocycles. The molecule has 1 fully saturated rings. The van der Waals surface area contributed by atoms with Gasteiger partial charge in [0.2, 0.25) is 10.0 Å². The first-order valence-corrected chi connectivity index (χ1v) is 9.22. The Kier molecular flexibility index (Phi) is 5.69. The quantitative estimate of drug-likeness (QED) is 0.885. The Morgan fingerprint density at radius 1 is 1.26 bits per heavy atom. The average molecular weight is 346 g/mol. The van der Waals surface area contributed by atoms with E-state index in [0.29, 0.717) is 32.4 Å². The highest BCUT2D eigenvalue weighted by Gasteiger charge is 2.26. The topological polar surface area (TPSA) is 66.5 Å². The Morgan fingerprint density at radius 3 is 2.48 bits per heavy atom. The highest BCUT2D eigenvalue weighted by atomic mass is 32.2. The van der Waals surface area contributed by atoms with Crippen LogP contribution in [0.15, 0.2) is 18.2 Å². The van der Waals surface area contributed by atoms with Crippen LogP contribution < -0.4 is 4.72 Å². The number of halogens is 2. The van der Waals surface area contributed by atoms with Crippen molar-refractivity contribution < 1.29 is 22.0 Å². The van der Waals surface area contributed by atoms with Crippen molar-refractivity contribution >= 4 is 15.9 Å². The zero-order valence-corrected chi connectivity index (χ0v) is 13.7. The van der Waals surface area contributed by atoms with Crippen LogP contribution in [0.5, 0.6) is 0 Å². The van der Waals surface area contributed by atoms with Crippen molar-refractivity contribution in [3.63, 3.8) is 0 Å². The fourth-order valence-electron chi connectivity index (χ4n) is 2.59. The van der Waals surface area contributed by atoms with E-state index in [1.807, 2.05) is 0 Å². The number of nitrogens with zero attached hydrogens (tertiary/aromatic N) is 1. The van der Waals surface area contributed by atoms with Crippen molar-refractivity contribution in [1.29, 1.82) is 0 Å². The molecule has 2 rings (SSSR count). The molecule has 8 heteroatoms. The van der Waals surface area contributed by atoms with Gasteiger partial charge in [0, 0.05) is 24.7 Å². The van der Waals surface area contributed by atoms with E-state index in [9.17, 15) is 22.0 Å². The van der Waals surface area contributed by atoms with E-state index in [2.05, 4.69) is 4.72 Å². The largest absolute Gasteiger partial charge is 0.339 e. The SMILES string of the molecule is CCCS(=O)(=O)NC1CCN(C(=O)c2ccc(F)c(F)c2)CC1. The molecule has 0 atom stereocenters. The van der Waals surface area contributed by atoms with Crippen LogP contribution in [0.2, 0.25) is 0 Å². The van der Waals surface area contributed by atoms with Crippen molar-refractivity contribution in [2.24, 2.45) is 0 Å². The molecule has 1 N–H and O–H groups in total. The Hall–Kier alpha value is -1.54. The van der Waals surface area contributed by atoms with Gasteiger partial charge in [0.1, 0.15) is 0 Å². The normalized spacial score (nSPS) is 16.6. The van der Waals surface area contributed by atoms with E-state index >= 15 is 0 Å². The number of nitrogens with one attached hydrogen (secondary N) is 1. The standard InChI is InChI=1S/C15H20F2N2O3S/c1-2-9-23(21,22)18-12-5-7-19(8-6-12)15(20)11-3-4-13(16)14(17)10-11/h3-4,10,12,18H,2,5-9H2,1H3. The Labute approximate surface area is 134 Å². The zero-order valence-electron chi connectivity index (χ0n) is 12.9. The number of hydrogen-bond acceptors (Lipinski definition) is 3. The van der Waals surface area contributed by atoms with Crippen LogP contribution in [0.4, 0.5) is 8.78 Å². The predicted molar refractivity (Wildman–Crippen MR) is 82.5 cm³/mol. The summed E-state index contributed by atoms with van der Waals surface area (Å²) >= 11 is 0. The molecule has 1 amide bonds. The van der Waals surface area contributed by atoms with Gasteiger partial charge >= 0.3 is 0 Å². The molecule has 5 nitrogen and oxygen atoms in total. The minimum atomic E-state index is -3.28. The second-order valence-corrected chi connectivity index (χ2v) is 7.51. The summed E-state index contributed by atoms with van der Waals surface area (Å²) in [4.78, 5) is 13.8. The molecule has 23 heavy (non-hydrogen) atoms. The van der Waals surface area contributed by atoms with Crippen LogP contribution in [0, 0.1) is 11.6 Å². The molecule has 0 saturated carbocycles. The van der Waals surface area contributed by atoms with Gasteiger partial charge in [0.05, 0.1) is 5.75 Å². The van der Waals surface area contributed by atoms with Gasteiger partial charge in [-0.3, -0.25) is 4.79 Å². The molecule has 1 aromatic carbocycles. The third kappa shape index (κ3) is 4.71. The number of hydrogen-bond donors (Lipinski definition) is 1. The first-order valence-electron chi connectivity index (χ1n) is 7.56. The maximum absolute atomic E-state index is 13.2. The summed E-state index contributed by atoms with van der Waals surface area (Å²) < 4.78 is 52.2. The Morgan fingerprint density at radius 2 is 1.91 bits per heavy atom. The summed E-state index contributed by atoms with van der Waals surface area (Å²) in [6.07, 6.45) is 1.54. The molecule has 128 valence electrons. The molecule has 1 aliphatic rings. The van der Waals surface area contributed by atoms with E-state index in [1.54, 1.807) is 6.92 Å². The molecule has 0 aromatic heterocycles. The van der Waals surface area contributed by atoms with Crippen LogP contribution in [0.25, 0.3) is 0 Å². The first-order chi connectivity index (χ1) is 10.8. The van der Waals surface area contributed by atoms with Gasteiger partial charge in [0.25, 0.3) is 5.91 Å². The van der Waals surface area contributed by atoms with Crippen molar-refractivity contribution in [2.45, 2.75) is 32.2 Å². The van der Waals surface area contributed by atoms with Crippen LogP contribution in [-0.2, 0) is 10.0 Å². The van der Waals surface area contributed by atoms with E-state index in [-0.39, 0.29) is 23.3 Å². The zero-order chi connectivity index (χ0) is 17.0. The fourth-order valence-corrected chi connectivity index (χ4v) is 3.99. The molecule has 0 spiro atoms. The van der Waals surface area contributed by atoms with Gasteiger partial charge in [-0.2, -0.15) is 0 Å². The van der Waals surface area contributed by atoms with Crippen LogP contribution in [-0.4, -0.2) is 44.1 Å². The summed E-state index contributed by atoms with van der Waals surface area (Å²) in [6.45, 7) is 2.54. The monoisotopic (exact) mass is 346 g/mol. The van der Waals surface area contributed by atoms with Gasteiger partial charge in [0.15, 0.2) is 11.6 Å². The smallest absolute Gasteiger partial charge is 0.253 e. The van der Waals surface area contributed by atoms with Crippen molar-refractivity contribution in [3.05, 3.63) is 35.4 Å². The number of carbonyl (C=O) groups is 1. The minimum absolute atomic E-state index is 0.0843. The molecule has 1 saturated heterocycles. The van der Waals surface area contributed by atoms with Gasteiger partial charge in [-0.05, 0) is 37.5 Å². The molecule has 0 radical (unpaired) electrons. The lowest BCUT2D eigenvalue weighted by atomic mass is 10.0. The van der Waals surface area contributed by atoms with Crippen LogP contribution >= 0.6 is 0 Å². The number of rotatable bonds is 5. The van der Waals surface area contributed by atoms with Crippen LogP contribution in [0.1, 0.15) is 36.5 Å². The van der Waals surface area contributed by atoms with Crippen molar-refractivity contribution in [3.8, 4) is 0 Å². The highest BCUT2D eigenvalue weighted by molar-refractivity contribution is 7.89. The van der Waals surface area contributed by atoms with E-state index in [0.717, 1.165) is 12.1 Å². The molecule has 0 unspecified atom stereocenters. The second-order valence-electron chi connectivity index (χ2n) is 5.63. The fraction of sp³-hybridized carbons (Fsp3) is 0.533. The molecule has 1 aromatic rings. The van der Waals surface area contributed by atoms with Crippen molar-refractivity contribution in [2.75, 3.05) is 18.8 Å². The maximum Gasteiger partial charge on any atom is 0.253 e. The average Bonchev–Trinajstić information content (AvgIpc) is 2.49. The summed E-state index contributed by atoms with van der Waals surface area (Å²) in [5.74, 6) is -2.34. The lowest BCUT2D eigenvalue weighted by Crippen LogP contribution is -2.47. The first kappa shape index (κ1) is 17.8. The van der Waals surface area contributed by atoms with Crippen LogP contribution in [0.3, 0.4) is 0 Å². The van der Waals surface area contributed by atoms with E-state index in [4.69, 9.17) is 0 Å². The Balaban J connectivity index is 1.93. The number of sulfonamides is 1. The maximum atomic E-state index is 13.2. The summed E-state index contributed by atoms with van der Waals surface area (Å²) in [5.41, 5.74) is 0.0916. The van der Waals surface area contributed by atoms with Gasteiger partial charge < -0.3 is 4.90 Å². The predicted octanol–water partition coefficient (Wildman–Crippen LogP) is 1.90. The number of piperidine rings is 1. The van der Waals surface area contributed by atoms with Gasteiger partial charge in [-0.15, -0.1) is 0 Å². The molecule has 1 heterocycles. The van der Waals surface area contributed by atoms with Gasteiger partial charge in [-0.25, -0.2) is 21.9 Å². The number of carbonyl (C=O) groups excluding carboxylic acids is 1. The molecular formula is C15H20F2N2O3S. The Bertz CT molecular complexity index is 671. The second kappa shape index (κ2) is 7.35. The van der Waals surface area contributed by atoms with Gasteiger partial charge in [-0.1, -0.05) is 6.92 Å². The summed E-state index contributed by atoms with van der Waals surface area (Å²) in [5, 5.41) is 0. The molecular weight excluding hydrogens is 326 g/mol. The minimum Gasteiger partial charge on any atom is -0.339 e. The summed E-state index contributed by atoms with van der Waals surface area (Å²) in [7, 11) is -3.28. The molecule has 0 aliphatic carbocycles. The number of benzene rings is 1. The third-order valence-corrected chi connectivity index (χ3v) is 5.41. The van der Waals surface area contributed by atoms with E-state index < -0.39 is 21.7 Å². The highest BCUT2D eigenvalue weighted by Crippen LogP contribution is 2.16. The third-order valence-electron chi connectivity index (χ3n) is 3.77. The lowest BCUT2D eigenvalue weighted by Gasteiger charge is -2.32.